The number of likely N-dealkylation sites (tertiary alicyclic amines) is 1. The number of halogens is 1. The molecular formula is C16H15FN2O3S. The maximum atomic E-state index is 13.2. The van der Waals surface area contributed by atoms with Crippen molar-refractivity contribution in [2.75, 3.05) is 6.54 Å². The summed E-state index contributed by atoms with van der Waals surface area (Å²) in [5.41, 5.74) is 1.04. The second kappa shape index (κ2) is 6.45. The first-order valence-electron chi connectivity index (χ1n) is 7.27. The van der Waals surface area contributed by atoms with Gasteiger partial charge >= 0.3 is 5.97 Å². The third-order valence-corrected chi connectivity index (χ3v) is 4.66. The highest BCUT2D eigenvalue weighted by atomic mass is 32.1. The average Bonchev–Trinajstić information content (AvgIpc) is 3.15. The van der Waals surface area contributed by atoms with E-state index in [0.717, 1.165) is 5.56 Å². The van der Waals surface area contributed by atoms with Gasteiger partial charge in [0.15, 0.2) is 0 Å². The molecule has 5 nitrogen and oxygen atoms in total. The van der Waals surface area contributed by atoms with E-state index in [9.17, 15) is 14.0 Å². The minimum Gasteiger partial charge on any atom is -0.480 e. The van der Waals surface area contributed by atoms with Crippen molar-refractivity contribution in [1.82, 2.24) is 9.88 Å². The lowest BCUT2D eigenvalue weighted by molar-refractivity contribution is -0.141. The zero-order valence-corrected chi connectivity index (χ0v) is 13.1. The molecule has 3 rings (SSSR count). The topological polar surface area (TPSA) is 70.5 Å². The molecule has 1 amide bonds. The van der Waals surface area contributed by atoms with Crippen LogP contribution in [0.15, 0.2) is 29.6 Å². The number of amides is 1. The summed E-state index contributed by atoms with van der Waals surface area (Å²) in [5, 5.41) is 11.5. The van der Waals surface area contributed by atoms with E-state index >= 15 is 0 Å². The second-order valence-corrected chi connectivity index (χ2v) is 6.37. The fourth-order valence-corrected chi connectivity index (χ4v) is 3.53. The first-order valence-corrected chi connectivity index (χ1v) is 8.15. The predicted octanol–water partition coefficient (Wildman–Crippen LogP) is 2.56. The number of carboxylic acid groups (broad SMARTS) is 1. The molecule has 0 saturated carbocycles. The molecule has 2 heterocycles. The molecule has 0 spiro atoms. The first kappa shape index (κ1) is 15.6. The highest BCUT2D eigenvalue weighted by Crippen LogP contribution is 2.22. The largest absolute Gasteiger partial charge is 0.480 e. The van der Waals surface area contributed by atoms with Crippen molar-refractivity contribution in [3.8, 4) is 0 Å². The van der Waals surface area contributed by atoms with Crippen molar-refractivity contribution < 1.29 is 19.1 Å². The number of thiazole rings is 1. The Morgan fingerprint density at radius 3 is 3.00 bits per heavy atom. The molecule has 0 unspecified atom stereocenters. The summed E-state index contributed by atoms with van der Waals surface area (Å²) < 4.78 is 13.2. The lowest BCUT2D eigenvalue weighted by Gasteiger charge is -2.20. The summed E-state index contributed by atoms with van der Waals surface area (Å²) in [6.45, 7) is 0.437. The number of carboxylic acids is 1. The second-order valence-electron chi connectivity index (χ2n) is 5.43. The van der Waals surface area contributed by atoms with Crippen LogP contribution in [-0.2, 0) is 11.2 Å². The van der Waals surface area contributed by atoms with Crippen molar-refractivity contribution in [2.45, 2.75) is 25.3 Å². The van der Waals surface area contributed by atoms with Gasteiger partial charge in [-0.25, -0.2) is 14.2 Å². The Hall–Kier alpha value is -2.28. The van der Waals surface area contributed by atoms with Crippen LogP contribution in [0.1, 0.15) is 33.9 Å². The molecule has 1 N–H and O–H groups in total. The summed E-state index contributed by atoms with van der Waals surface area (Å²) in [6.07, 6.45) is 1.60. The van der Waals surface area contributed by atoms with E-state index in [1.807, 2.05) is 0 Å². The first-order chi connectivity index (χ1) is 11.0. The van der Waals surface area contributed by atoms with E-state index in [2.05, 4.69) is 4.98 Å². The van der Waals surface area contributed by atoms with Crippen LogP contribution in [0.25, 0.3) is 0 Å². The molecule has 1 aliphatic heterocycles. The molecule has 1 atom stereocenters. The minimum atomic E-state index is -0.980. The molecule has 2 aromatic rings. The van der Waals surface area contributed by atoms with E-state index < -0.39 is 12.0 Å². The highest BCUT2D eigenvalue weighted by molar-refractivity contribution is 7.09. The van der Waals surface area contributed by atoms with Crippen LogP contribution in [0.4, 0.5) is 4.39 Å². The van der Waals surface area contributed by atoms with Crippen molar-refractivity contribution in [2.24, 2.45) is 0 Å². The van der Waals surface area contributed by atoms with Crippen molar-refractivity contribution >= 4 is 23.2 Å². The molecular weight excluding hydrogens is 319 g/mol. The molecule has 1 aliphatic rings. The van der Waals surface area contributed by atoms with Gasteiger partial charge in [-0.05, 0) is 30.5 Å². The monoisotopic (exact) mass is 334 g/mol. The standard InChI is InChI=1S/C16H15FN2O3S/c17-11-4-1-3-10(7-11)8-14-18-12(9-23-14)15(20)19-6-2-5-13(19)16(21)22/h1,3-4,7,9,13H,2,5-6,8H2,(H,21,22)/t13-/m0/s1. The van der Waals surface area contributed by atoms with Crippen LogP contribution in [0.2, 0.25) is 0 Å². The fraction of sp³-hybridized carbons (Fsp3) is 0.312. The molecule has 1 saturated heterocycles. The van der Waals surface area contributed by atoms with Crippen LogP contribution in [0, 0.1) is 5.82 Å². The van der Waals surface area contributed by atoms with Gasteiger partial charge in [0.25, 0.3) is 5.91 Å². The number of carbonyl (C=O) groups is 2. The van der Waals surface area contributed by atoms with E-state index in [1.54, 1.807) is 17.5 Å². The molecule has 0 bridgehead atoms. The minimum absolute atomic E-state index is 0.259. The number of aliphatic carboxylic acids is 1. The molecule has 23 heavy (non-hydrogen) atoms. The van der Waals surface area contributed by atoms with E-state index in [4.69, 9.17) is 5.11 Å². The number of benzene rings is 1. The van der Waals surface area contributed by atoms with Gasteiger partial charge in [0.05, 0.1) is 5.01 Å². The van der Waals surface area contributed by atoms with Gasteiger partial charge in [-0.3, -0.25) is 4.79 Å². The average molecular weight is 334 g/mol. The normalized spacial score (nSPS) is 17.4. The Bertz CT molecular complexity index is 746. The van der Waals surface area contributed by atoms with Gasteiger partial charge in [-0.15, -0.1) is 11.3 Å². The SMILES string of the molecule is O=C(O)[C@@H]1CCCN1C(=O)c1csc(Cc2cccc(F)c2)n1. The van der Waals surface area contributed by atoms with Gasteiger partial charge in [-0.1, -0.05) is 12.1 Å². The van der Waals surface area contributed by atoms with Crippen LogP contribution < -0.4 is 0 Å². The summed E-state index contributed by atoms with van der Waals surface area (Å²) in [6, 6.07) is 5.47. The van der Waals surface area contributed by atoms with Crippen molar-refractivity contribution in [3.05, 3.63) is 51.7 Å². The molecule has 1 aromatic heterocycles. The Morgan fingerprint density at radius 2 is 2.26 bits per heavy atom. The lowest BCUT2D eigenvalue weighted by Crippen LogP contribution is -2.40. The number of carbonyl (C=O) groups excluding carboxylic acids is 1. The Kier molecular flexibility index (Phi) is 4.38. The maximum Gasteiger partial charge on any atom is 0.326 e. The van der Waals surface area contributed by atoms with E-state index in [-0.39, 0.29) is 17.4 Å². The van der Waals surface area contributed by atoms with Gasteiger partial charge < -0.3 is 10.0 Å². The lowest BCUT2D eigenvalue weighted by atomic mass is 10.1. The van der Waals surface area contributed by atoms with Gasteiger partial charge in [0, 0.05) is 18.3 Å². The van der Waals surface area contributed by atoms with Crippen molar-refractivity contribution in [1.29, 1.82) is 0 Å². The summed E-state index contributed by atoms with van der Waals surface area (Å²) >= 11 is 1.32. The molecule has 120 valence electrons. The molecule has 1 aromatic carbocycles. The quantitative estimate of drug-likeness (QED) is 0.933. The third-order valence-electron chi connectivity index (χ3n) is 3.81. The van der Waals surface area contributed by atoms with Gasteiger partial charge in [0.1, 0.15) is 17.6 Å². The molecule has 7 heteroatoms. The van der Waals surface area contributed by atoms with E-state index in [1.165, 1.54) is 28.4 Å². The molecule has 1 fully saturated rings. The highest BCUT2D eigenvalue weighted by Gasteiger charge is 2.35. The van der Waals surface area contributed by atoms with Crippen LogP contribution in [0.5, 0.6) is 0 Å². The Balaban J connectivity index is 1.74. The van der Waals surface area contributed by atoms with Crippen LogP contribution in [-0.4, -0.2) is 39.5 Å². The third kappa shape index (κ3) is 3.39. The van der Waals surface area contributed by atoms with Crippen LogP contribution in [0.3, 0.4) is 0 Å². The summed E-state index contributed by atoms with van der Waals surface area (Å²) in [5.74, 6) is -1.64. The number of hydrogen-bond acceptors (Lipinski definition) is 4. The zero-order valence-electron chi connectivity index (χ0n) is 12.2. The smallest absolute Gasteiger partial charge is 0.326 e. The Morgan fingerprint density at radius 1 is 1.43 bits per heavy atom. The van der Waals surface area contributed by atoms with Gasteiger partial charge in [0.2, 0.25) is 0 Å². The molecule has 0 radical (unpaired) electrons. The zero-order chi connectivity index (χ0) is 16.4. The maximum absolute atomic E-state index is 13.2. The van der Waals surface area contributed by atoms with Gasteiger partial charge in [-0.2, -0.15) is 0 Å². The van der Waals surface area contributed by atoms with E-state index in [0.29, 0.717) is 30.8 Å². The number of aromatic nitrogens is 1. The number of rotatable bonds is 4. The summed E-state index contributed by atoms with van der Waals surface area (Å²) in [4.78, 5) is 29.3. The summed E-state index contributed by atoms with van der Waals surface area (Å²) in [7, 11) is 0. The molecule has 0 aliphatic carbocycles. The number of hydrogen-bond donors (Lipinski definition) is 1. The van der Waals surface area contributed by atoms with Crippen molar-refractivity contribution in [3.63, 3.8) is 0 Å². The Labute approximate surface area is 136 Å². The number of nitrogens with zero attached hydrogens (tertiary/aromatic N) is 2. The predicted molar refractivity (Wildman–Crippen MR) is 83.0 cm³/mol. The van der Waals surface area contributed by atoms with Crippen LogP contribution >= 0.6 is 11.3 Å². The fourth-order valence-electron chi connectivity index (χ4n) is 2.73.